The van der Waals surface area contributed by atoms with E-state index in [2.05, 4.69) is 20.4 Å². The first kappa shape index (κ1) is 11.6. The van der Waals surface area contributed by atoms with Crippen LogP contribution in [0.2, 0.25) is 0 Å². The number of rotatable bonds is 3. The van der Waals surface area contributed by atoms with Gasteiger partial charge in [-0.1, -0.05) is 6.07 Å². The Balaban J connectivity index is 2.18. The first-order chi connectivity index (χ1) is 9.29. The summed E-state index contributed by atoms with van der Waals surface area (Å²) in [4.78, 5) is 8.39. The third-order valence-electron chi connectivity index (χ3n) is 2.76. The second kappa shape index (κ2) is 4.64. The van der Waals surface area contributed by atoms with Gasteiger partial charge in [-0.2, -0.15) is 5.10 Å². The third-order valence-corrected chi connectivity index (χ3v) is 2.76. The van der Waals surface area contributed by atoms with Crippen molar-refractivity contribution in [2.24, 2.45) is 0 Å². The molecule has 0 unspecified atom stereocenters. The molecule has 0 spiro atoms. The molecule has 0 fully saturated rings. The predicted molar refractivity (Wildman–Crippen MR) is 70.8 cm³/mol. The molecule has 3 aromatic rings. The van der Waals surface area contributed by atoms with Crippen molar-refractivity contribution in [1.29, 1.82) is 0 Å². The van der Waals surface area contributed by atoms with Crippen LogP contribution >= 0.6 is 0 Å². The van der Waals surface area contributed by atoms with Crippen molar-refractivity contribution >= 4 is 16.9 Å². The van der Waals surface area contributed by atoms with E-state index in [9.17, 15) is 4.39 Å². The second-order valence-electron chi connectivity index (χ2n) is 4.03. The lowest BCUT2D eigenvalue weighted by molar-refractivity contribution is 0.625. The van der Waals surface area contributed by atoms with Gasteiger partial charge in [-0.25, -0.2) is 19.0 Å². The van der Waals surface area contributed by atoms with E-state index < -0.39 is 0 Å². The molecule has 2 aromatic heterocycles. The van der Waals surface area contributed by atoms with Crippen molar-refractivity contribution in [2.75, 3.05) is 11.9 Å². The van der Waals surface area contributed by atoms with Gasteiger partial charge in [0.1, 0.15) is 18.0 Å². The van der Waals surface area contributed by atoms with Gasteiger partial charge in [-0.3, -0.25) is 0 Å². The zero-order chi connectivity index (χ0) is 13.2. The van der Waals surface area contributed by atoms with Gasteiger partial charge in [0.15, 0.2) is 5.65 Å². The minimum Gasteiger partial charge on any atom is -0.370 e. The number of halogens is 1. The summed E-state index contributed by atoms with van der Waals surface area (Å²) in [5.74, 6) is 0.428. The highest BCUT2D eigenvalue weighted by Gasteiger charge is 2.10. The van der Waals surface area contributed by atoms with Crippen LogP contribution in [0.15, 0.2) is 36.8 Å². The van der Waals surface area contributed by atoms with Crippen molar-refractivity contribution < 1.29 is 4.39 Å². The highest BCUT2D eigenvalue weighted by Crippen LogP contribution is 2.21. The fourth-order valence-electron chi connectivity index (χ4n) is 1.95. The standard InChI is InChI=1S/C13H12FN5/c1-2-15-12-11-7-18-19(13(11)17-8-16-12)10-5-3-4-9(14)6-10/h3-8H,2H2,1H3,(H,15,16,17). The van der Waals surface area contributed by atoms with Crippen LogP contribution in [0.4, 0.5) is 10.2 Å². The van der Waals surface area contributed by atoms with E-state index in [0.29, 0.717) is 11.3 Å². The average Bonchev–Trinajstić information content (AvgIpc) is 2.84. The van der Waals surface area contributed by atoms with Crippen LogP contribution in [-0.2, 0) is 0 Å². The highest BCUT2D eigenvalue weighted by molar-refractivity contribution is 5.87. The summed E-state index contributed by atoms with van der Waals surface area (Å²) in [5.41, 5.74) is 1.28. The molecule has 1 N–H and O–H groups in total. The lowest BCUT2D eigenvalue weighted by Gasteiger charge is -2.04. The number of benzene rings is 1. The zero-order valence-electron chi connectivity index (χ0n) is 10.3. The molecule has 0 atom stereocenters. The molecule has 0 aliphatic carbocycles. The smallest absolute Gasteiger partial charge is 0.168 e. The number of aromatic nitrogens is 4. The molecule has 0 saturated carbocycles. The Kier molecular flexibility index (Phi) is 2.83. The molecule has 19 heavy (non-hydrogen) atoms. The molecule has 0 bridgehead atoms. The maximum absolute atomic E-state index is 13.3. The maximum Gasteiger partial charge on any atom is 0.168 e. The maximum atomic E-state index is 13.3. The van der Waals surface area contributed by atoms with E-state index in [0.717, 1.165) is 17.7 Å². The number of fused-ring (bicyclic) bond motifs is 1. The van der Waals surface area contributed by atoms with Crippen LogP contribution in [-0.4, -0.2) is 26.3 Å². The Labute approximate surface area is 109 Å². The average molecular weight is 257 g/mol. The molecule has 0 aliphatic heterocycles. The zero-order valence-corrected chi connectivity index (χ0v) is 10.3. The Hall–Kier alpha value is -2.50. The quantitative estimate of drug-likeness (QED) is 0.782. The van der Waals surface area contributed by atoms with Crippen molar-refractivity contribution in [2.45, 2.75) is 6.92 Å². The fourth-order valence-corrected chi connectivity index (χ4v) is 1.95. The van der Waals surface area contributed by atoms with Gasteiger partial charge in [-0.05, 0) is 25.1 Å². The van der Waals surface area contributed by atoms with E-state index in [4.69, 9.17) is 0 Å². The molecule has 0 radical (unpaired) electrons. The summed E-state index contributed by atoms with van der Waals surface area (Å²) in [6.45, 7) is 2.75. The molecule has 2 heterocycles. The molecular weight excluding hydrogens is 245 g/mol. The summed E-state index contributed by atoms with van der Waals surface area (Å²) >= 11 is 0. The van der Waals surface area contributed by atoms with Gasteiger partial charge >= 0.3 is 0 Å². The summed E-state index contributed by atoms with van der Waals surface area (Å²) in [5, 5.41) is 8.22. The third kappa shape index (κ3) is 2.01. The number of hydrogen-bond donors (Lipinski definition) is 1. The van der Waals surface area contributed by atoms with Gasteiger partial charge in [0.25, 0.3) is 0 Å². The SMILES string of the molecule is CCNc1ncnc2c1cnn2-c1cccc(F)c1. The first-order valence-corrected chi connectivity index (χ1v) is 5.98. The summed E-state index contributed by atoms with van der Waals surface area (Å²) in [6.07, 6.45) is 3.15. The molecular formula is C13H12FN5. The number of anilines is 1. The number of nitrogens with zero attached hydrogens (tertiary/aromatic N) is 4. The minimum absolute atomic E-state index is 0.304. The highest BCUT2D eigenvalue weighted by atomic mass is 19.1. The molecule has 0 amide bonds. The molecule has 96 valence electrons. The fraction of sp³-hybridized carbons (Fsp3) is 0.154. The van der Waals surface area contributed by atoms with E-state index in [1.54, 1.807) is 23.0 Å². The first-order valence-electron chi connectivity index (χ1n) is 5.98. The molecule has 3 rings (SSSR count). The van der Waals surface area contributed by atoms with Gasteiger partial charge in [0.05, 0.1) is 17.3 Å². The van der Waals surface area contributed by atoms with Gasteiger partial charge in [0, 0.05) is 6.54 Å². The largest absolute Gasteiger partial charge is 0.370 e. The number of hydrogen-bond acceptors (Lipinski definition) is 4. The predicted octanol–water partition coefficient (Wildman–Crippen LogP) is 2.39. The lowest BCUT2D eigenvalue weighted by atomic mass is 10.3. The summed E-state index contributed by atoms with van der Waals surface area (Å²) in [7, 11) is 0. The van der Waals surface area contributed by atoms with Gasteiger partial charge in [0.2, 0.25) is 0 Å². The molecule has 0 saturated heterocycles. The van der Waals surface area contributed by atoms with Crippen molar-refractivity contribution in [1.82, 2.24) is 19.7 Å². The summed E-state index contributed by atoms with van der Waals surface area (Å²) in [6, 6.07) is 6.24. The van der Waals surface area contributed by atoms with Crippen molar-refractivity contribution in [3.05, 3.63) is 42.6 Å². The summed E-state index contributed by atoms with van der Waals surface area (Å²) < 4.78 is 14.9. The van der Waals surface area contributed by atoms with Crippen molar-refractivity contribution in [3.8, 4) is 5.69 Å². The minimum atomic E-state index is -0.304. The monoisotopic (exact) mass is 257 g/mol. The van der Waals surface area contributed by atoms with Crippen LogP contribution in [0.5, 0.6) is 0 Å². The van der Waals surface area contributed by atoms with E-state index >= 15 is 0 Å². The topological polar surface area (TPSA) is 55.6 Å². The van der Waals surface area contributed by atoms with Crippen LogP contribution in [0.25, 0.3) is 16.7 Å². The van der Waals surface area contributed by atoms with Crippen molar-refractivity contribution in [3.63, 3.8) is 0 Å². The van der Waals surface area contributed by atoms with Gasteiger partial charge < -0.3 is 5.32 Å². The lowest BCUT2D eigenvalue weighted by Crippen LogP contribution is -2.02. The van der Waals surface area contributed by atoms with E-state index in [1.165, 1.54) is 18.5 Å². The Bertz CT molecular complexity index is 722. The molecule has 5 nitrogen and oxygen atoms in total. The van der Waals surface area contributed by atoms with Crippen LogP contribution in [0.1, 0.15) is 6.92 Å². The van der Waals surface area contributed by atoms with Crippen LogP contribution in [0.3, 0.4) is 0 Å². The van der Waals surface area contributed by atoms with Crippen LogP contribution in [0, 0.1) is 5.82 Å². The Morgan fingerprint density at radius 3 is 3.00 bits per heavy atom. The Morgan fingerprint density at radius 2 is 2.21 bits per heavy atom. The molecule has 6 heteroatoms. The second-order valence-corrected chi connectivity index (χ2v) is 4.03. The Morgan fingerprint density at radius 1 is 1.32 bits per heavy atom. The van der Waals surface area contributed by atoms with Gasteiger partial charge in [-0.15, -0.1) is 0 Å². The van der Waals surface area contributed by atoms with E-state index in [-0.39, 0.29) is 5.82 Å². The number of nitrogens with one attached hydrogen (secondary N) is 1. The molecule has 0 aliphatic rings. The molecule has 1 aromatic carbocycles. The normalized spacial score (nSPS) is 10.8. The van der Waals surface area contributed by atoms with E-state index in [1.807, 2.05) is 6.92 Å². The van der Waals surface area contributed by atoms with Crippen LogP contribution < -0.4 is 5.32 Å².